The Morgan fingerprint density at radius 1 is 1.10 bits per heavy atom. The van der Waals surface area contributed by atoms with Crippen LogP contribution in [-0.4, -0.2) is 52.4 Å². The van der Waals surface area contributed by atoms with Crippen molar-refractivity contribution in [2.45, 2.75) is 45.2 Å². The van der Waals surface area contributed by atoms with Gasteiger partial charge in [-0.05, 0) is 42.4 Å². The van der Waals surface area contributed by atoms with Gasteiger partial charge in [-0.1, -0.05) is 61.7 Å². The van der Waals surface area contributed by atoms with Gasteiger partial charge in [0.15, 0.2) is 5.69 Å². The van der Waals surface area contributed by atoms with E-state index in [2.05, 4.69) is 45.6 Å². The van der Waals surface area contributed by atoms with Gasteiger partial charge in [0, 0.05) is 31.0 Å². The van der Waals surface area contributed by atoms with Crippen molar-refractivity contribution >= 4 is 34.6 Å². The first kappa shape index (κ1) is 26.7. The third kappa shape index (κ3) is 5.30. The molecular formula is C31H34ClN5O3. The summed E-state index contributed by atoms with van der Waals surface area (Å²) in [4.78, 5) is 29.4. The highest BCUT2D eigenvalue weighted by molar-refractivity contribution is 6.30. The number of carbonyl (C=O) groups excluding carboxylic acids is 1. The summed E-state index contributed by atoms with van der Waals surface area (Å²) in [6.45, 7) is 5.05. The zero-order valence-corrected chi connectivity index (χ0v) is 23.7. The first-order valence-electron chi connectivity index (χ1n) is 14.0. The van der Waals surface area contributed by atoms with Gasteiger partial charge in [0.2, 0.25) is 5.95 Å². The van der Waals surface area contributed by atoms with Gasteiger partial charge in [-0.25, -0.2) is 14.8 Å². The smallest absolute Gasteiger partial charge is 0.356 e. The highest BCUT2D eigenvalue weighted by atomic mass is 35.5. The lowest BCUT2D eigenvalue weighted by Gasteiger charge is -2.37. The number of methoxy groups -OCH3 is 1. The number of carbonyl (C=O) groups is 1. The van der Waals surface area contributed by atoms with Crippen molar-refractivity contribution in [2.24, 2.45) is 11.8 Å². The van der Waals surface area contributed by atoms with E-state index in [9.17, 15) is 4.79 Å². The van der Waals surface area contributed by atoms with Crippen LogP contribution in [-0.2, 0) is 16.0 Å². The van der Waals surface area contributed by atoms with Gasteiger partial charge in [-0.15, -0.1) is 0 Å². The average Bonchev–Trinajstić information content (AvgIpc) is 3.35. The summed E-state index contributed by atoms with van der Waals surface area (Å²) in [5, 5.41) is 0.501. The number of imidazole rings is 1. The van der Waals surface area contributed by atoms with Crippen molar-refractivity contribution in [3.63, 3.8) is 0 Å². The Morgan fingerprint density at radius 2 is 1.90 bits per heavy atom. The number of pyridine rings is 2. The first-order valence-corrected chi connectivity index (χ1v) is 14.4. The second kappa shape index (κ2) is 11.6. The van der Waals surface area contributed by atoms with Crippen molar-refractivity contribution in [3.8, 4) is 11.3 Å². The summed E-state index contributed by atoms with van der Waals surface area (Å²) < 4.78 is 13.3. The van der Waals surface area contributed by atoms with Crippen LogP contribution in [0.3, 0.4) is 0 Å². The molecule has 3 aromatic heterocycles. The van der Waals surface area contributed by atoms with Gasteiger partial charge < -0.3 is 18.9 Å². The molecular weight excluding hydrogens is 526 g/mol. The number of morpholine rings is 1. The number of hydrogen-bond donors (Lipinski definition) is 0. The van der Waals surface area contributed by atoms with Crippen LogP contribution in [0.25, 0.3) is 22.3 Å². The van der Waals surface area contributed by atoms with E-state index in [1.807, 2.05) is 12.1 Å². The van der Waals surface area contributed by atoms with Gasteiger partial charge in [0.05, 0.1) is 48.1 Å². The highest BCUT2D eigenvalue weighted by Crippen LogP contribution is 2.38. The second-order valence-electron chi connectivity index (χ2n) is 11.0. The van der Waals surface area contributed by atoms with Crippen LogP contribution in [0.1, 0.15) is 54.7 Å². The van der Waals surface area contributed by atoms with Gasteiger partial charge >= 0.3 is 5.97 Å². The highest BCUT2D eigenvalue weighted by Gasteiger charge is 2.32. The molecule has 0 N–H and O–H groups in total. The molecule has 208 valence electrons. The quantitative estimate of drug-likeness (QED) is 0.255. The lowest BCUT2D eigenvalue weighted by molar-refractivity contribution is 0.0594. The molecule has 0 amide bonds. The molecule has 1 atom stereocenters. The Hall–Kier alpha value is -3.49. The SMILES string of the molecule is COC(=O)c1cc2nc(N3CCOC[C@H]3c3ccccc3)n(CC3CCC(C)CC3)c2c(-c2cncc(Cl)c2)n1. The number of anilines is 1. The Kier molecular flexibility index (Phi) is 7.71. The van der Waals surface area contributed by atoms with Gasteiger partial charge in [-0.2, -0.15) is 0 Å². The minimum absolute atomic E-state index is 0.0150. The van der Waals surface area contributed by atoms with Crippen LogP contribution in [0.4, 0.5) is 5.95 Å². The third-order valence-corrected chi connectivity index (χ3v) is 8.43. The summed E-state index contributed by atoms with van der Waals surface area (Å²) in [5.74, 6) is 1.64. The van der Waals surface area contributed by atoms with E-state index < -0.39 is 5.97 Å². The summed E-state index contributed by atoms with van der Waals surface area (Å²) in [6.07, 6.45) is 8.13. The van der Waals surface area contributed by atoms with Gasteiger partial charge in [-0.3, -0.25) is 4.98 Å². The van der Waals surface area contributed by atoms with Crippen molar-refractivity contribution in [2.75, 3.05) is 31.8 Å². The van der Waals surface area contributed by atoms with E-state index in [0.717, 1.165) is 29.5 Å². The number of nitrogens with zero attached hydrogens (tertiary/aromatic N) is 5. The topological polar surface area (TPSA) is 82.4 Å². The molecule has 1 aromatic carbocycles. The molecule has 0 spiro atoms. The molecule has 2 aliphatic rings. The number of halogens is 1. The second-order valence-corrected chi connectivity index (χ2v) is 11.4. The van der Waals surface area contributed by atoms with E-state index >= 15 is 0 Å². The van der Waals surface area contributed by atoms with Crippen LogP contribution < -0.4 is 4.90 Å². The maximum absolute atomic E-state index is 12.7. The number of hydrogen-bond acceptors (Lipinski definition) is 7. The molecule has 9 heteroatoms. The molecule has 1 aliphatic heterocycles. The van der Waals surface area contributed by atoms with E-state index in [4.69, 9.17) is 31.0 Å². The monoisotopic (exact) mass is 559 g/mol. The Morgan fingerprint density at radius 3 is 2.65 bits per heavy atom. The minimum Gasteiger partial charge on any atom is -0.464 e. The van der Waals surface area contributed by atoms with E-state index in [0.29, 0.717) is 41.9 Å². The summed E-state index contributed by atoms with van der Waals surface area (Å²) in [7, 11) is 1.36. The zero-order chi connectivity index (χ0) is 27.6. The average molecular weight is 560 g/mol. The molecule has 2 fully saturated rings. The number of aromatic nitrogens is 4. The Bertz CT molecular complexity index is 1500. The fourth-order valence-corrected chi connectivity index (χ4v) is 6.23. The molecule has 1 aliphatic carbocycles. The molecule has 8 nitrogen and oxygen atoms in total. The fraction of sp³-hybridized carbons (Fsp3) is 0.419. The maximum Gasteiger partial charge on any atom is 0.356 e. The van der Waals surface area contributed by atoms with Gasteiger partial charge in [0.1, 0.15) is 0 Å². The maximum atomic E-state index is 12.7. The van der Waals surface area contributed by atoms with Crippen molar-refractivity contribution in [1.82, 2.24) is 19.5 Å². The van der Waals surface area contributed by atoms with Crippen LogP contribution in [0.5, 0.6) is 0 Å². The van der Waals surface area contributed by atoms with Gasteiger partial charge in [0.25, 0.3) is 0 Å². The molecule has 1 saturated heterocycles. The lowest BCUT2D eigenvalue weighted by atomic mass is 9.83. The number of esters is 1. The normalized spacial score (nSPS) is 21.5. The molecule has 0 bridgehead atoms. The Labute approximate surface area is 239 Å². The molecule has 6 rings (SSSR count). The third-order valence-electron chi connectivity index (χ3n) is 8.22. The van der Waals surface area contributed by atoms with Crippen LogP contribution in [0.2, 0.25) is 5.02 Å². The zero-order valence-electron chi connectivity index (χ0n) is 22.9. The number of ether oxygens (including phenoxy) is 2. The number of rotatable bonds is 6. The Balaban J connectivity index is 1.56. The molecule has 4 heterocycles. The number of benzene rings is 1. The molecule has 0 radical (unpaired) electrons. The van der Waals surface area contributed by atoms with Crippen LogP contribution in [0, 0.1) is 11.8 Å². The van der Waals surface area contributed by atoms with Crippen LogP contribution >= 0.6 is 11.6 Å². The largest absolute Gasteiger partial charge is 0.464 e. The fourth-order valence-electron chi connectivity index (χ4n) is 6.05. The first-order chi connectivity index (χ1) is 19.5. The minimum atomic E-state index is -0.510. The summed E-state index contributed by atoms with van der Waals surface area (Å²) in [5.41, 5.74) is 4.32. The summed E-state index contributed by atoms with van der Waals surface area (Å²) in [6, 6.07) is 14.0. The van der Waals surface area contributed by atoms with E-state index in [-0.39, 0.29) is 11.7 Å². The number of fused-ring (bicyclic) bond motifs is 1. The van der Waals surface area contributed by atoms with Crippen LogP contribution in [0.15, 0.2) is 54.9 Å². The van der Waals surface area contributed by atoms with Crippen molar-refractivity contribution < 1.29 is 14.3 Å². The molecule has 4 aromatic rings. The van der Waals surface area contributed by atoms with Crippen molar-refractivity contribution in [1.29, 1.82) is 0 Å². The molecule has 0 unspecified atom stereocenters. The molecule has 40 heavy (non-hydrogen) atoms. The van der Waals surface area contributed by atoms with Crippen molar-refractivity contribution in [3.05, 3.63) is 71.1 Å². The lowest BCUT2D eigenvalue weighted by Crippen LogP contribution is -2.41. The predicted molar refractivity (Wildman–Crippen MR) is 156 cm³/mol. The predicted octanol–water partition coefficient (Wildman–Crippen LogP) is 6.34. The standard InChI is InChI=1S/C31H34ClN5O3/c1-20-8-10-21(11-9-20)18-37-29-25(15-26(30(38)39-2)34-28(29)23-14-24(32)17-33-16-23)35-31(37)36-12-13-40-19-27(36)22-6-4-3-5-7-22/h3-7,14-17,20-21,27H,8-13,18-19H2,1-2H3/t20?,21?,27-/m0/s1. The summed E-state index contributed by atoms with van der Waals surface area (Å²) >= 11 is 6.37. The van der Waals surface area contributed by atoms with E-state index in [1.54, 1.807) is 18.5 Å². The molecule has 1 saturated carbocycles. The van der Waals surface area contributed by atoms with E-state index in [1.165, 1.54) is 38.4 Å².